The van der Waals surface area contributed by atoms with Crippen molar-refractivity contribution in [1.29, 1.82) is 0 Å². The van der Waals surface area contributed by atoms with Crippen LogP contribution in [-0.2, 0) is 9.53 Å². The molecule has 82 valence electrons. The third kappa shape index (κ3) is 3.66. The van der Waals surface area contributed by atoms with Crippen molar-refractivity contribution in [3.05, 3.63) is 0 Å². The van der Waals surface area contributed by atoms with E-state index in [4.69, 9.17) is 4.74 Å². The summed E-state index contributed by atoms with van der Waals surface area (Å²) in [6.45, 7) is 6.70. The van der Waals surface area contributed by atoms with Crippen LogP contribution in [0.15, 0.2) is 0 Å². The molecule has 1 aliphatic heterocycles. The molecule has 3 atom stereocenters. The molecule has 1 unspecified atom stereocenters. The predicted molar refractivity (Wildman–Crippen MR) is 56.0 cm³/mol. The average Bonchev–Trinajstić information content (AvgIpc) is 2.01. The molecular formula is C11H21NO2. The van der Waals surface area contributed by atoms with Gasteiger partial charge in [0.2, 0.25) is 0 Å². The Hall–Kier alpha value is -0.570. The lowest BCUT2D eigenvalue weighted by molar-refractivity contribution is -0.144. The highest BCUT2D eigenvalue weighted by Gasteiger charge is 2.25. The number of hydrogen-bond acceptors (Lipinski definition) is 3. The molecule has 0 radical (unpaired) electrons. The van der Waals surface area contributed by atoms with E-state index in [0.29, 0.717) is 31.0 Å². The van der Waals surface area contributed by atoms with E-state index in [-0.39, 0.29) is 5.97 Å². The molecule has 1 heterocycles. The summed E-state index contributed by atoms with van der Waals surface area (Å²) in [6.07, 6.45) is 2.76. The van der Waals surface area contributed by atoms with Gasteiger partial charge in [0.25, 0.3) is 0 Å². The molecule has 0 aromatic carbocycles. The van der Waals surface area contributed by atoms with Crippen LogP contribution in [0, 0.1) is 5.92 Å². The minimum Gasteiger partial charge on any atom is -0.466 e. The number of carbonyl (C=O) groups is 1. The number of piperidine rings is 1. The lowest BCUT2D eigenvalue weighted by Gasteiger charge is -2.32. The molecule has 0 aromatic heterocycles. The summed E-state index contributed by atoms with van der Waals surface area (Å²) in [5.41, 5.74) is 0. The zero-order valence-electron chi connectivity index (χ0n) is 9.38. The van der Waals surface area contributed by atoms with Gasteiger partial charge in [0.1, 0.15) is 0 Å². The normalized spacial score (nSPS) is 32.6. The van der Waals surface area contributed by atoms with Crippen molar-refractivity contribution in [3.63, 3.8) is 0 Å². The summed E-state index contributed by atoms with van der Waals surface area (Å²) >= 11 is 0. The summed E-state index contributed by atoms with van der Waals surface area (Å²) in [6, 6.07) is 1.05. The highest BCUT2D eigenvalue weighted by atomic mass is 16.5. The van der Waals surface area contributed by atoms with Gasteiger partial charge in [-0.25, -0.2) is 0 Å². The Labute approximate surface area is 86.2 Å². The van der Waals surface area contributed by atoms with Gasteiger partial charge in [-0.3, -0.25) is 4.79 Å². The highest BCUT2D eigenvalue weighted by Crippen LogP contribution is 2.23. The summed E-state index contributed by atoms with van der Waals surface area (Å²) in [4.78, 5) is 11.3. The Morgan fingerprint density at radius 1 is 1.36 bits per heavy atom. The van der Waals surface area contributed by atoms with Crippen molar-refractivity contribution in [2.75, 3.05) is 6.61 Å². The second-order valence-corrected chi connectivity index (χ2v) is 4.32. The van der Waals surface area contributed by atoms with Crippen LogP contribution in [0.3, 0.4) is 0 Å². The first kappa shape index (κ1) is 11.5. The SMILES string of the molecule is CCOC(=O)CC1C[C@@H](C)N[C@@H](C)C1. The van der Waals surface area contributed by atoms with E-state index in [1.54, 1.807) is 0 Å². The van der Waals surface area contributed by atoms with Crippen molar-refractivity contribution in [2.24, 2.45) is 5.92 Å². The number of hydrogen-bond donors (Lipinski definition) is 1. The Morgan fingerprint density at radius 2 is 1.93 bits per heavy atom. The predicted octanol–water partition coefficient (Wildman–Crippen LogP) is 1.72. The second kappa shape index (κ2) is 5.35. The Kier molecular flexibility index (Phi) is 4.39. The molecule has 1 saturated heterocycles. The van der Waals surface area contributed by atoms with E-state index < -0.39 is 0 Å². The molecule has 0 saturated carbocycles. The Morgan fingerprint density at radius 3 is 2.43 bits per heavy atom. The second-order valence-electron chi connectivity index (χ2n) is 4.32. The van der Waals surface area contributed by atoms with E-state index in [1.165, 1.54) is 0 Å². The third-order valence-electron chi connectivity index (χ3n) is 2.70. The van der Waals surface area contributed by atoms with Gasteiger partial charge in [-0.15, -0.1) is 0 Å². The standard InChI is InChI=1S/C11H21NO2/c1-4-14-11(13)7-10-5-8(2)12-9(3)6-10/h8-10,12H,4-7H2,1-3H3/t8-,9+,10?. The number of nitrogens with one attached hydrogen (secondary N) is 1. The van der Waals surface area contributed by atoms with Crippen molar-refractivity contribution >= 4 is 5.97 Å². The van der Waals surface area contributed by atoms with Crippen molar-refractivity contribution in [2.45, 2.75) is 52.1 Å². The van der Waals surface area contributed by atoms with Gasteiger partial charge in [-0.05, 0) is 39.5 Å². The van der Waals surface area contributed by atoms with Gasteiger partial charge < -0.3 is 10.1 Å². The molecule has 3 nitrogen and oxygen atoms in total. The maximum atomic E-state index is 11.3. The van der Waals surface area contributed by atoms with E-state index in [2.05, 4.69) is 19.2 Å². The maximum absolute atomic E-state index is 11.3. The molecular weight excluding hydrogens is 178 g/mol. The first-order chi connectivity index (χ1) is 6.61. The van der Waals surface area contributed by atoms with Crippen molar-refractivity contribution in [3.8, 4) is 0 Å². The van der Waals surface area contributed by atoms with Gasteiger partial charge in [-0.1, -0.05) is 0 Å². The number of esters is 1. The fraction of sp³-hybridized carbons (Fsp3) is 0.909. The smallest absolute Gasteiger partial charge is 0.306 e. The monoisotopic (exact) mass is 199 g/mol. The fourth-order valence-electron chi connectivity index (χ4n) is 2.34. The molecule has 3 heteroatoms. The third-order valence-corrected chi connectivity index (χ3v) is 2.70. The quantitative estimate of drug-likeness (QED) is 0.703. The average molecular weight is 199 g/mol. The minimum absolute atomic E-state index is 0.0428. The van der Waals surface area contributed by atoms with Crippen molar-refractivity contribution < 1.29 is 9.53 Å². The highest BCUT2D eigenvalue weighted by molar-refractivity contribution is 5.69. The topological polar surface area (TPSA) is 38.3 Å². The zero-order valence-corrected chi connectivity index (χ0v) is 9.38. The molecule has 14 heavy (non-hydrogen) atoms. The van der Waals surface area contributed by atoms with Crippen LogP contribution in [-0.4, -0.2) is 24.7 Å². The molecule has 1 N–H and O–H groups in total. The molecule has 0 aromatic rings. The van der Waals surface area contributed by atoms with Crippen LogP contribution in [0.1, 0.15) is 40.0 Å². The summed E-state index contributed by atoms with van der Waals surface area (Å²) < 4.78 is 4.96. The van der Waals surface area contributed by atoms with Crippen LogP contribution < -0.4 is 5.32 Å². The molecule has 0 bridgehead atoms. The lowest BCUT2D eigenvalue weighted by atomic mass is 9.87. The number of ether oxygens (including phenoxy) is 1. The Bertz CT molecular complexity index is 184. The Balaban J connectivity index is 2.33. The lowest BCUT2D eigenvalue weighted by Crippen LogP contribution is -2.42. The van der Waals surface area contributed by atoms with Gasteiger partial charge in [0, 0.05) is 18.5 Å². The first-order valence-corrected chi connectivity index (χ1v) is 5.53. The molecule has 0 spiro atoms. The van der Waals surface area contributed by atoms with Gasteiger partial charge in [0.15, 0.2) is 0 Å². The van der Waals surface area contributed by atoms with Crippen LogP contribution >= 0.6 is 0 Å². The van der Waals surface area contributed by atoms with Crippen LogP contribution in [0.2, 0.25) is 0 Å². The molecule has 0 amide bonds. The maximum Gasteiger partial charge on any atom is 0.306 e. The largest absolute Gasteiger partial charge is 0.466 e. The van der Waals surface area contributed by atoms with E-state index in [0.717, 1.165) is 12.8 Å². The van der Waals surface area contributed by atoms with E-state index >= 15 is 0 Å². The van der Waals surface area contributed by atoms with E-state index in [9.17, 15) is 4.79 Å². The van der Waals surface area contributed by atoms with Crippen LogP contribution in [0.25, 0.3) is 0 Å². The van der Waals surface area contributed by atoms with Crippen molar-refractivity contribution in [1.82, 2.24) is 5.32 Å². The summed E-state index contributed by atoms with van der Waals surface area (Å²) in [7, 11) is 0. The molecule has 1 fully saturated rings. The van der Waals surface area contributed by atoms with Gasteiger partial charge in [-0.2, -0.15) is 0 Å². The summed E-state index contributed by atoms with van der Waals surface area (Å²) in [5.74, 6) is 0.458. The summed E-state index contributed by atoms with van der Waals surface area (Å²) in [5, 5.41) is 3.46. The van der Waals surface area contributed by atoms with E-state index in [1.807, 2.05) is 6.92 Å². The van der Waals surface area contributed by atoms with Crippen LogP contribution in [0.4, 0.5) is 0 Å². The van der Waals surface area contributed by atoms with Gasteiger partial charge in [0.05, 0.1) is 6.61 Å². The number of carbonyl (C=O) groups excluding carboxylic acids is 1. The number of rotatable bonds is 3. The van der Waals surface area contributed by atoms with Gasteiger partial charge >= 0.3 is 5.97 Å². The molecule has 1 aliphatic rings. The first-order valence-electron chi connectivity index (χ1n) is 5.53. The fourth-order valence-corrected chi connectivity index (χ4v) is 2.34. The van der Waals surface area contributed by atoms with Crippen LogP contribution in [0.5, 0.6) is 0 Å². The minimum atomic E-state index is -0.0428. The molecule has 1 rings (SSSR count). The molecule has 0 aliphatic carbocycles. The zero-order chi connectivity index (χ0) is 10.6.